The van der Waals surface area contributed by atoms with Crippen molar-refractivity contribution in [1.82, 2.24) is 10.6 Å². The predicted molar refractivity (Wildman–Crippen MR) is 89.5 cm³/mol. The molecule has 0 saturated heterocycles. The van der Waals surface area contributed by atoms with Crippen LogP contribution in [0.4, 0.5) is 0 Å². The maximum absolute atomic E-state index is 12.0. The molecule has 2 aromatic carbocycles. The van der Waals surface area contributed by atoms with Crippen LogP contribution in [0.1, 0.15) is 28.9 Å². The van der Waals surface area contributed by atoms with Crippen molar-refractivity contribution in [2.24, 2.45) is 0 Å². The van der Waals surface area contributed by atoms with Crippen molar-refractivity contribution in [3.05, 3.63) is 70.7 Å². The molecule has 0 saturated carbocycles. The van der Waals surface area contributed by atoms with Gasteiger partial charge in [-0.05, 0) is 49.0 Å². The number of carbonyl (C=O) groups excluding carboxylic acids is 1. The number of nitrogens with one attached hydrogen (secondary N) is 2. The Morgan fingerprint density at radius 1 is 1.10 bits per heavy atom. The van der Waals surface area contributed by atoms with Gasteiger partial charge in [0.2, 0.25) is 0 Å². The van der Waals surface area contributed by atoms with Gasteiger partial charge in [-0.15, -0.1) is 0 Å². The van der Waals surface area contributed by atoms with Crippen LogP contribution < -0.4 is 10.6 Å². The maximum atomic E-state index is 12.0. The molecule has 5 heteroatoms. The number of hydrogen-bond acceptors (Lipinski definition) is 2. The quantitative estimate of drug-likeness (QED) is 0.848. The first-order valence-electron chi connectivity index (χ1n) is 6.48. The molecule has 2 N–H and O–H groups in total. The van der Waals surface area contributed by atoms with Gasteiger partial charge in [-0.1, -0.05) is 41.9 Å². The van der Waals surface area contributed by atoms with Crippen LogP contribution in [0.3, 0.4) is 0 Å². The number of halogens is 1. The molecule has 0 fully saturated rings. The van der Waals surface area contributed by atoms with E-state index >= 15 is 0 Å². The van der Waals surface area contributed by atoms with E-state index in [-0.39, 0.29) is 11.9 Å². The molecule has 0 aliphatic carbocycles. The predicted octanol–water partition coefficient (Wildman–Crippen LogP) is 3.71. The molecule has 108 valence electrons. The topological polar surface area (TPSA) is 41.1 Å². The zero-order valence-electron chi connectivity index (χ0n) is 11.5. The van der Waals surface area contributed by atoms with Crippen molar-refractivity contribution in [2.45, 2.75) is 13.0 Å². The fourth-order valence-electron chi connectivity index (χ4n) is 1.83. The van der Waals surface area contributed by atoms with Gasteiger partial charge >= 0.3 is 0 Å². The van der Waals surface area contributed by atoms with Gasteiger partial charge in [0.25, 0.3) is 5.91 Å². The fourth-order valence-corrected chi connectivity index (χ4v) is 2.23. The Balaban J connectivity index is 1.92. The summed E-state index contributed by atoms with van der Waals surface area (Å²) >= 11 is 11.0. The zero-order valence-corrected chi connectivity index (χ0v) is 13.0. The summed E-state index contributed by atoms with van der Waals surface area (Å²) in [5.74, 6) is -0.260. The van der Waals surface area contributed by atoms with Crippen molar-refractivity contribution in [1.29, 1.82) is 0 Å². The number of hydrogen-bond donors (Lipinski definition) is 2. The van der Waals surface area contributed by atoms with Gasteiger partial charge in [0.15, 0.2) is 5.11 Å². The average Bonchev–Trinajstić information content (AvgIpc) is 2.48. The Bertz CT molecular complexity index is 628. The minimum atomic E-state index is -0.260. The van der Waals surface area contributed by atoms with E-state index in [0.29, 0.717) is 15.7 Å². The Kier molecular flexibility index (Phi) is 5.31. The van der Waals surface area contributed by atoms with Crippen LogP contribution in [0.25, 0.3) is 0 Å². The summed E-state index contributed by atoms with van der Waals surface area (Å²) in [6.45, 7) is 1.98. The molecule has 0 aliphatic rings. The standard InChI is InChI=1S/C16H15ClN2OS/c1-11(12-5-3-2-4-6-12)18-16(21)19-15(20)13-7-9-14(17)10-8-13/h2-11H,1H3,(H2,18,19,20,21). The highest BCUT2D eigenvalue weighted by molar-refractivity contribution is 7.80. The summed E-state index contributed by atoms with van der Waals surface area (Å²) in [4.78, 5) is 12.0. The van der Waals surface area contributed by atoms with Crippen LogP contribution in [-0.4, -0.2) is 11.0 Å². The Hall–Kier alpha value is -1.91. The van der Waals surface area contributed by atoms with E-state index in [9.17, 15) is 4.79 Å². The lowest BCUT2D eigenvalue weighted by Crippen LogP contribution is -2.40. The number of carbonyl (C=O) groups is 1. The molecule has 2 rings (SSSR count). The average molecular weight is 319 g/mol. The first-order chi connectivity index (χ1) is 10.1. The Morgan fingerprint density at radius 2 is 1.71 bits per heavy atom. The minimum absolute atomic E-state index is 0.0178. The zero-order chi connectivity index (χ0) is 15.2. The molecule has 2 aromatic rings. The molecule has 0 aliphatic heterocycles. The molecule has 0 radical (unpaired) electrons. The van der Waals surface area contributed by atoms with Gasteiger partial charge in [-0.2, -0.15) is 0 Å². The summed E-state index contributed by atoms with van der Waals surface area (Å²) in [6.07, 6.45) is 0. The van der Waals surface area contributed by atoms with Crippen LogP contribution >= 0.6 is 23.8 Å². The third-order valence-electron chi connectivity index (χ3n) is 2.98. The van der Waals surface area contributed by atoms with Crippen molar-refractivity contribution in [2.75, 3.05) is 0 Å². The van der Waals surface area contributed by atoms with E-state index in [0.717, 1.165) is 5.56 Å². The molecule has 21 heavy (non-hydrogen) atoms. The van der Waals surface area contributed by atoms with Crippen molar-refractivity contribution in [3.8, 4) is 0 Å². The van der Waals surface area contributed by atoms with Gasteiger partial charge in [-0.3, -0.25) is 10.1 Å². The second-order valence-corrected chi connectivity index (χ2v) is 5.41. The number of amides is 1. The van der Waals surface area contributed by atoms with Crippen LogP contribution in [0.5, 0.6) is 0 Å². The molecule has 0 bridgehead atoms. The molecule has 1 unspecified atom stereocenters. The highest BCUT2D eigenvalue weighted by Crippen LogP contribution is 2.11. The van der Waals surface area contributed by atoms with E-state index in [1.165, 1.54) is 0 Å². The molecular weight excluding hydrogens is 304 g/mol. The number of thiocarbonyl (C=S) groups is 1. The van der Waals surface area contributed by atoms with Gasteiger partial charge < -0.3 is 5.32 Å². The lowest BCUT2D eigenvalue weighted by Gasteiger charge is -2.16. The maximum Gasteiger partial charge on any atom is 0.257 e. The third-order valence-corrected chi connectivity index (χ3v) is 3.45. The highest BCUT2D eigenvalue weighted by atomic mass is 35.5. The molecule has 1 atom stereocenters. The summed E-state index contributed by atoms with van der Waals surface area (Å²) in [5.41, 5.74) is 1.61. The molecule has 3 nitrogen and oxygen atoms in total. The van der Waals surface area contributed by atoms with E-state index in [4.69, 9.17) is 23.8 Å². The first kappa shape index (κ1) is 15.5. The van der Waals surface area contributed by atoms with Crippen LogP contribution in [0, 0.1) is 0 Å². The van der Waals surface area contributed by atoms with E-state index in [1.807, 2.05) is 37.3 Å². The Labute approximate surface area is 134 Å². The molecule has 0 aromatic heterocycles. The monoisotopic (exact) mass is 318 g/mol. The normalized spacial score (nSPS) is 11.5. The molecule has 0 heterocycles. The Morgan fingerprint density at radius 3 is 2.33 bits per heavy atom. The van der Waals surface area contributed by atoms with Crippen molar-refractivity contribution >= 4 is 34.8 Å². The van der Waals surface area contributed by atoms with Crippen molar-refractivity contribution in [3.63, 3.8) is 0 Å². The largest absolute Gasteiger partial charge is 0.356 e. The lowest BCUT2D eigenvalue weighted by atomic mass is 10.1. The molecular formula is C16H15ClN2OS. The number of rotatable bonds is 3. The minimum Gasteiger partial charge on any atom is -0.356 e. The van der Waals surface area contributed by atoms with Gasteiger partial charge in [0, 0.05) is 10.6 Å². The summed E-state index contributed by atoms with van der Waals surface area (Å²) in [6, 6.07) is 16.5. The van der Waals surface area contributed by atoms with E-state index in [2.05, 4.69) is 10.6 Å². The van der Waals surface area contributed by atoms with E-state index in [1.54, 1.807) is 24.3 Å². The molecule has 0 spiro atoms. The summed E-state index contributed by atoms with van der Waals surface area (Å²) in [7, 11) is 0. The van der Waals surface area contributed by atoms with Crippen LogP contribution in [0.2, 0.25) is 5.02 Å². The smallest absolute Gasteiger partial charge is 0.257 e. The SMILES string of the molecule is CC(NC(=S)NC(=O)c1ccc(Cl)cc1)c1ccccc1. The van der Waals surface area contributed by atoms with Crippen molar-refractivity contribution < 1.29 is 4.79 Å². The van der Waals surface area contributed by atoms with Gasteiger partial charge in [0.1, 0.15) is 0 Å². The van der Waals surface area contributed by atoms with Gasteiger partial charge in [0.05, 0.1) is 6.04 Å². The number of benzene rings is 2. The fraction of sp³-hybridized carbons (Fsp3) is 0.125. The summed E-state index contributed by atoms with van der Waals surface area (Å²) < 4.78 is 0. The molecule has 1 amide bonds. The van der Waals surface area contributed by atoms with Gasteiger partial charge in [-0.25, -0.2) is 0 Å². The second kappa shape index (κ2) is 7.20. The third kappa shape index (κ3) is 4.55. The highest BCUT2D eigenvalue weighted by Gasteiger charge is 2.10. The van der Waals surface area contributed by atoms with Crippen LogP contribution in [-0.2, 0) is 0 Å². The summed E-state index contributed by atoms with van der Waals surface area (Å²) in [5, 5.41) is 6.62. The first-order valence-corrected chi connectivity index (χ1v) is 7.27. The van der Waals surface area contributed by atoms with Crippen LogP contribution in [0.15, 0.2) is 54.6 Å². The van der Waals surface area contributed by atoms with E-state index < -0.39 is 0 Å². The lowest BCUT2D eigenvalue weighted by molar-refractivity contribution is 0.0976. The second-order valence-electron chi connectivity index (χ2n) is 4.57.